The van der Waals surface area contributed by atoms with Crippen molar-refractivity contribution in [1.82, 2.24) is 4.98 Å². The van der Waals surface area contributed by atoms with Crippen LogP contribution in [0.15, 0.2) is 30.5 Å². The summed E-state index contributed by atoms with van der Waals surface area (Å²) in [5.74, 6) is -3.62. The Bertz CT molecular complexity index is 1100. The molecule has 6 N–H and O–H groups in total. The smallest absolute Gasteiger partial charge is 0.355 e. The summed E-state index contributed by atoms with van der Waals surface area (Å²) >= 11 is 0. The van der Waals surface area contributed by atoms with Gasteiger partial charge in [0.1, 0.15) is 28.1 Å². The van der Waals surface area contributed by atoms with Gasteiger partial charge in [-0.3, -0.25) is 0 Å². The van der Waals surface area contributed by atoms with Gasteiger partial charge in [0.15, 0.2) is 17.5 Å². The first-order valence-electron chi connectivity index (χ1n) is 11.5. The zero-order valence-electron chi connectivity index (χ0n) is 19.1. The van der Waals surface area contributed by atoms with Crippen LogP contribution in [-0.2, 0) is 9.47 Å². The fourth-order valence-electron chi connectivity index (χ4n) is 8.88. The molecule has 2 saturated heterocycles. The molecule has 9 heteroatoms. The maximum Gasteiger partial charge on any atom is 0.355 e. The summed E-state index contributed by atoms with van der Waals surface area (Å²) in [6, 6.07) is 3.11. The number of allylic oxidation sites excluding steroid dienone is 1. The predicted octanol–water partition coefficient (Wildman–Crippen LogP) is 0.372. The molecule has 1 aromatic heterocycles. The first-order chi connectivity index (χ1) is 15.2. The molecule has 9 nitrogen and oxygen atoms in total. The van der Waals surface area contributed by atoms with Gasteiger partial charge in [0, 0.05) is 18.0 Å². The molecule has 2 aliphatic heterocycles. The Morgan fingerprint density at radius 1 is 1.21 bits per heavy atom. The quantitative estimate of drug-likeness (QED) is 0.279. The third kappa shape index (κ3) is 1.56. The molecule has 9 atom stereocenters. The average Bonchev–Trinajstić information content (AvgIpc) is 3.36. The lowest BCUT2D eigenvalue weighted by Gasteiger charge is -2.59. The molecule has 1 aromatic rings. The molecular formula is C24H31NO8. The SMILES string of the molecule is CC(C)[C@@]1(O)[C@@H](OC(=O)c2ccc[nH]2)[C@@]2(O)[C@@]3(C)C[C@]4(O)O[C@@]5(C=CCC[C@]35O)[C@@]2(O)[C@]14C. The van der Waals surface area contributed by atoms with E-state index < -0.39 is 62.6 Å². The number of ether oxygens (including phenoxy) is 2. The molecule has 0 unspecified atom stereocenters. The van der Waals surface area contributed by atoms with Gasteiger partial charge in [0.2, 0.25) is 0 Å². The molecule has 1 spiro atoms. The number of nitrogens with one attached hydrogen (secondary N) is 1. The van der Waals surface area contributed by atoms with E-state index in [9.17, 15) is 30.3 Å². The second-order valence-electron chi connectivity index (χ2n) is 11.4. The second kappa shape index (κ2) is 5.40. The van der Waals surface area contributed by atoms with E-state index in [4.69, 9.17) is 9.47 Å². The number of aromatic nitrogens is 1. The van der Waals surface area contributed by atoms with Crippen molar-refractivity contribution in [3.8, 4) is 0 Å². The minimum Gasteiger partial charge on any atom is -0.451 e. The van der Waals surface area contributed by atoms with Gasteiger partial charge in [-0.15, -0.1) is 0 Å². The molecule has 33 heavy (non-hydrogen) atoms. The molecule has 0 aromatic carbocycles. The van der Waals surface area contributed by atoms with Crippen molar-refractivity contribution in [3.63, 3.8) is 0 Å². The summed E-state index contributed by atoms with van der Waals surface area (Å²) in [4.78, 5) is 15.8. The fraction of sp³-hybridized carbons (Fsp3) is 0.708. The summed E-state index contributed by atoms with van der Waals surface area (Å²) in [6.45, 7) is 6.38. The largest absolute Gasteiger partial charge is 0.451 e. The van der Waals surface area contributed by atoms with E-state index in [1.807, 2.05) is 0 Å². The first-order valence-corrected chi connectivity index (χ1v) is 11.5. The Balaban J connectivity index is 1.69. The Labute approximate surface area is 191 Å². The van der Waals surface area contributed by atoms with Gasteiger partial charge in [0.05, 0.1) is 5.41 Å². The Morgan fingerprint density at radius 3 is 2.52 bits per heavy atom. The Morgan fingerprint density at radius 2 is 1.91 bits per heavy atom. The van der Waals surface area contributed by atoms with Crippen molar-refractivity contribution in [2.75, 3.05) is 0 Å². The third-order valence-electron chi connectivity index (χ3n) is 10.4. The molecule has 180 valence electrons. The number of esters is 1. The van der Waals surface area contributed by atoms with Crippen LogP contribution in [0.25, 0.3) is 0 Å². The van der Waals surface area contributed by atoms with Crippen LogP contribution in [-0.4, -0.2) is 76.4 Å². The lowest BCUT2D eigenvalue weighted by Crippen LogP contribution is -2.73. The minimum atomic E-state index is -2.37. The molecule has 3 saturated carbocycles. The van der Waals surface area contributed by atoms with E-state index in [-0.39, 0.29) is 18.5 Å². The number of carbonyl (C=O) groups is 1. The van der Waals surface area contributed by atoms with Gasteiger partial charge >= 0.3 is 5.97 Å². The van der Waals surface area contributed by atoms with Crippen molar-refractivity contribution in [2.45, 2.75) is 86.9 Å². The van der Waals surface area contributed by atoms with Crippen molar-refractivity contribution in [3.05, 3.63) is 36.2 Å². The molecule has 6 bridgehead atoms. The summed E-state index contributed by atoms with van der Waals surface area (Å²) in [7, 11) is 0. The summed E-state index contributed by atoms with van der Waals surface area (Å²) in [5.41, 5.74) is -13.9. The second-order valence-corrected chi connectivity index (χ2v) is 11.4. The van der Waals surface area contributed by atoms with Gasteiger partial charge in [-0.05, 0) is 37.8 Å². The predicted molar refractivity (Wildman–Crippen MR) is 113 cm³/mol. The molecular weight excluding hydrogens is 430 g/mol. The van der Waals surface area contributed by atoms with Crippen molar-refractivity contribution < 1.29 is 39.8 Å². The minimum absolute atomic E-state index is 0.107. The van der Waals surface area contributed by atoms with E-state index in [0.29, 0.717) is 6.42 Å². The van der Waals surface area contributed by atoms with E-state index in [1.54, 1.807) is 39.1 Å². The Hall–Kier alpha value is -1.75. The highest BCUT2D eigenvalue weighted by Gasteiger charge is 3.08. The maximum atomic E-state index is 13.1. The normalized spacial score (nSPS) is 57.7. The van der Waals surface area contributed by atoms with Gasteiger partial charge in [-0.25, -0.2) is 4.79 Å². The number of aliphatic hydroxyl groups is 5. The van der Waals surface area contributed by atoms with Crippen LogP contribution in [0.3, 0.4) is 0 Å². The van der Waals surface area contributed by atoms with Crippen LogP contribution >= 0.6 is 0 Å². The average molecular weight is 462 g/mol. The number of aromatic amines is 1. The molecule has 6 aliphatic rings. The van der Waals surface area contributed by atoms with E-state index in [0.717, 1.165) is 0 Å². The van der Waals surface area contributed by atoms with E-state index in [1.165, 1.54) is 19.1 Å². The van der Waals surface area contributed by atoms with Crippen molar-refractivity contribution >= 4 is 5.97 Å². The highest BCUT2D eigenvalue weighted by Crippen LogP contribution is 2.89. The fourth-order valence-corrected chi connectivity index (χ4v) is 8.88. The standard InChI is InChI=1S/C24H31NO8/c1-13(2)22(29)16(32-15(26)14-8-7-11-25-14)23(30)17(3)12-21(28)18(22,4)24(23,31)20(33-21)10-6-5-9-19(17,20)27/h6-8,10-11,13,16,25,27-31H,5,9,12H2,1-4H3/t16-,17+,18+,19+,20-,21+,22-,23-,24+/m1/s1. The Kier molecular flexibility index (Phi) is 3.56. The summed E-state index contributed by atoms with van der Waals surface area (Å²) in [5, 5.41) is 61.7. The first kappa shape index (κ1) is 21.8. The third-order valence-corrected chi connectivity index (χ3v) is 10.4. The highest BCUT2D eigenvalue weighted by molar-refractivity contribution is 5.87. The van der Waals surface area contributed by atoms with Gasteiger partial charge in [-0.1, -0.05) is 32.9 Å². The number of hydrogen-bond acceptors (Lipinski definition) is 8. The van der Waals surface area contributed by atoms with Crippen LogP contribution in [0.5, 0.6) is 0 Å². The topological polar surface area (TPSA) is 152 Å². The molecule has 7 rings (SSSR count). The van der Waals surface area contributed by atoms with Crippen molar-refractivity contribution in [2.24, 2.45) is 16.7 Å². The zero-order valence-corrected chi connectivity index (χ0v) is 19.1. The molecule has 0 radical (unpaired) electrons. The number of hydrogen-bond donors (Lipinski definition) is 6. The van der Waals surface area contributed by atoms with Crippen LogP contribution < -0.4 is 0 Å². The van der Waals surface area contributed by atoms with E-state index in [2.05, 4.69) is 4.98 Å². The van der Waals surface area contributed by atoms with E-state index >= 15 is 0 Å². The summed E-state index contributed by atoms with van der Waals surface area (Å²) < 4.78 is 12.0. The number of rotatable bonds is 3. The lowest BCUT2D eigenvalue weighted by atomic mass is 9.52. The van der Waals surface area contributed by atoms with Crippen LogP contribution in [0.2, 0.25) is 0 Å². The van der Waals surface area contributed by atoms with Crippen molar-refractivity contribution in [1.29, 1.82) is 0 Å². The van der Waals surface area contributed by atoms with Crippen LogP contribution in [0, 0.1) is 16.7 Å². The number of carbonyl (C=O) groups excluding carboxylic acids is 1. The lowest BCUT2D eigenvalue weighted by molar-refractivity contribution is -0.367. The highest BCUT2D eigenvalue weighted by atomic mass is 16.7. The zero-order chi connectivity index (χ0) is 24.1. The molecule has 0 amide bonds. The maximum absolute atomic E-state index is 13.1. The molecule has 3 heterocycles. The number of H-pyrrole nitrogens is 1. The van der Waals surface area contributed by atoms with Gasteiger partial charge in [-0.2, -0.15) is 0 Å². The summed E-state index contributed by atoms with van der Waals surface area (Å²) in [6.07, 6.45) is 3.50. The molecule has 5 fully saturated rings. The van der Waals surface area contributed by atoms with Gasteiger partial charge < -0.3 is 40.0 Å². The van der Waals surface area contributed by atoms with Gasteiger partial charge in [0.25, 0.3) is 0 Å². The van der Waals surface area contributed by atoms with Crippen LogP contribution in [0.1, 0.15) is 57.4 Å². The molecule has 4 aliphatic carbocycles. The monoisotopic (exact) mass is 461 g/mol. The van der Waals surface area contributed by atoms with Crippen LogP contribution in [0.4, 0.5) is 0 Å².